The number of carbonyl (C=O) groups is 2. The van der Waals surface area contributed by atoms with Gasteiger partial charge in [0.05, 0.1) is 19.1 Å². The quantitative estimate of drug-likeness (QED) is 0.300. The van der Waals surface area contributed by atoms with Crippen LogP contribution in [-0.2, 0) is 16.0 Å². The molecule has 4 rings (SSSR count). The lowest BCUT2D eigenvalue weighted by Gasteiger charge is -2.09. The van der Waals surface area contributed by atoms with Crippen LogP contribution in [0.15, 0.2) is 65.1 Å². The van der Waals surface area contributed by atoms with Gasteiger partial charge in [0.2, 0.25) is 11.8 Å². The van der Waals surface area contributed by atoms with Crippen LogP contribution in [0.2, 0.25) is 10.0 Å². The van der Waals surface area contributed by atoms with Crippen LogP contribution in [0.4, 0.5) is 5.69 Å². The van der Waals surface area contributed by atoms with Crippen molar-refractivity contribution < 1.29 is 23.8 Å². The highest BCUT2D eigenvalue weighted by Crippen LogP contribution is 2.34. The number of aliphatic carboxylic acids is 1. The minimum Gasteiger partial charge on any atom is -0.496 e. The van der Waals surface area contributed by atoms with Crippen LogP contribution < -0.4 is 10.1 Å². The summed E-state index contributed by atoms with van der Waals surface area (Å²) in [6, 6.07) is 15.1. The molecule has 0 spiro atoms. The minimum absolute atomic E-state index is 0.103. The number of carboxylic acids is 1. The fourth-order valence-corrected chi connectivity index (χ4v) is 3.78. The van der Waals surface area contributed by atoms with Crippen LogP contribution in [0.5, 0.6) is 5.75 Å². The maximum atomic E-state index is 12.4. The summed E-state index contributed by atoms with van der Waals surface area (Å²) in [6.45, 7) is 0. The molecular formula is C25H18Cl2N2O5. The van der Waals surface area contributed by atoms with Gasteiger partial charge in [0, 0.05) is 27.9 Å². The molecule has 4 aromatic rings. The summed E-state index contributed by atoms with van der Waals surface area (Å²) >= 11 is 12.0. The number of rotatable bonds is 7. The Kier molecular flexibility index (Phi) is 6.86. The normalized spacial score (nSPS) is 11.1. The Hall–Kier alpha value is -3.81. The van der Waals surface area contributed by atoms with E-state index in [1.165, 1.54) is 13.2 Å². The van der Waals surface area contributed by atoms with E-state index >= 15 is 0 Å². The van der Waals surface area contributed by atoms with Crippen LogP contribution >= 0.6 is 23.2 Å². The number of nitrogens with one attached hydrogen (secondary N) is 1. The molecule has 0 saturated heterocycles. The Labute approximate surface area is 204 Å². The van der Waals surface area contributed by atoms with Gasteiger partial charge in [-0.15, -0.1) is 0 Å². The number of anilines is 1. The Morgan fingerprint density at radius 2 is 1.94 bits per heavy atom. The molecule has 7 nitrogen and oxygen atoms in total. The van der Waals surface area contributed by atoms with Crippen molar-refractivity contribution in [2.45, 2.75) is 6.42 Å². The standard InChI is InChI=1S/C25H18Cl2N2O5/c1-33-22-13-17(28-23(30)9-4-15-3-5-16(26)12-19(15)27)6-7-18(22)25-29-20-10-14(11-24(31)32)2-8-21(20)34-25/h2-10,12-13H,11H2,1H3,(H,28,30)(H,31,32)/b9-4+. The molecule has 9 heteroatoms. The first-order valence-electron chi connectivity index (χ1n) is 10.1. The van der Waals surface area contributed by atoms with Crippen molar-refractivity contribution in [2.24, 2.45) is 0 Å². The second-order valence-corrected chi connectivity index (χ2v) is 8.14. The predicted molar refractivity (Wildman–Crippen MR) is 131 cm³/mol. The molecule has 0 atom stereocenters. The van der Waals surface area contributed by atoms with E-state index < -0.39 is 5.97 Å². The lowest BCUT2D eigenvalue weighted by atomic mass is 10.1. The van der Waals surface area contributed by atoms with Crippen LogP contribution in [0.25, 0.3) is 28.6 Å². The van der Waals surface area contributed by atoms with Gasteiger partial charge in [-0.1, -0.05) is 35.3 Å². The number of benzene rings is 3. The predicted octanol–water partition coefficient (Wildman–Crippen LogP) is 6.09. The number of ether oxygens (including phenoxy) is 1. The molecule has 0 saturated carbocycles. The topological polar surface area (TPSA) is 102 Å². The van der Waals surface area contributed by atoms with E-state index in [0.29, 0.717) is 55.2 Å². The summed E-state index contributed by atoms with van der Waals surface area (Å²) in [5.41, 5.74) is 3.44. The average molecular weight is 497 g/mol. The van der Waals surface area contributed by atoms with Gasteiger partial charge in [0.25, 0.3) is 0 Å². The molecule has 0 aliphatic rings. The molecular weight excluding hydrogens is 479 g/mol. The zero-order valence-corrected chi connectivity index (χ0v) is 19.4. The van der Waals surface area contributed by atoms with Crippen molar-refractivity contribution in [3.8, 4) is 17.2 Å². The van der Waals surface area contributed by atoms with Gasteiger partial charge in [0.1, 0.15) is 11.3 Å². The summed E-state index contributed by atoms with van der Waals surface area (Å²) in [5.74, 6) is -0.517. The van der Waals surface area contributed by atoms with Crippen LogP contribution in [0, 0.1) is 0 Å². The first-order valence-corrected chi connectivity index (χ1v) is 10.8. The molecule has 1 amide bonds. The van der Waals surface area contributed by atoms with Gasteiger partial charge < -0.3 is 19.6 Å². The van der Waals surface area contributed by atoms with E-state index in [9.17, 15) is 9.59 Å². The van der Waals surface area contributed by atoms with Crippen molar-refractivity contribution in [3.63, 3.8) is 0 Å². The average Bonchev–Trinajstić information content (AvgIpc) is 3.21. The number of carboxylic acid groups (broad SMARTS) is 1. The maximum Gasteiger partial charge on any atom is 0.307 e. The smallest absolute Gasteiger partial charge is 0.307 e. The largest absolute Gasteiger partial charge is 0.496 e. The summed E-state index contributed by atoms with van der Waals surface area (Å²) in [7, 11) is 1.50. The molecule has 0 aliphatic heterocycles. The Balaban J connectivity index is 1.54. The second kappa shape index (κ2) is 9.99. The van der Waals surface area contributed by atoms with Crippen molar-refractivity contribution in [1.29, 1.82) is 0 Å². The molecule has 0 radical (unpaired) electrons. The Bertz CT molecular complexity index is 1430. The van der Waals surface area contributed by atoms with E-state index in [0.717, 1.165) is 0 Å². The highest BCUT2D eigenvalue weighted by Gasteiger charge is 2.15. The third-order valence-corrected chi connectivity index (χ3v) is 5.45. The maximum absolute atomic E-state index is 12.4. The van der Waals surface area contributed by atoms with Crippen molar-refractivity contribution in [1.82, 2.24) is 4.98 Å². The fourth-order valence-electron chi connectivity index (χ4n) is 3.30. The third-order valence-electron chi connectivity index (χ3n) is 4.88. The molecule has 34 heavy (non-hydrogen) atoms. The summed E-state index contributed by atoms with van der Waals surface area (Å²) in [5, 5.41) is 12.7. The van der Waals surface area contributed by atoms with E-state index in [1.54, 1.807) is 60.7 Å². The van der Waals surface area contributed by atoms with E-state index in [1.807, 2.05) is 0 Å². The summed E-state index contributed by atoms with van der Waals surface area (Å²) < 4.78 is 11.3. The van der Waals surface area contributed by atoms with Gasteiger partial charge in [-0.25, -0.2) is 4.98 Å². The number of oxazole rings is 1. The number of amides is 1. The van der Waals surface area contributed by atoms with Crippen LogP contribution in [0.1, 0.15) is 11.1 Å². The van der Waals surface area contributed by atoms with Crippen LogP contribution in [0.3, 0.4) is 0 Å². The zero-order chi connectivity index (χ0) is 24.2. The fraction of sp³-hybridized carbons (Fsp3) is 0.0800. The third kappa shape index (κ3) is 5.39. The Morgan fingerprint density at radius 3 is 2.68 bits per heavy atom. The summed E-state index contributed by atoms with van der Waals surface area (Å²) in [6.07, 6.45) is 2.86. The Morgan fingerprint density at radius 1 is 1.12 bits per heavy atom. The molecule has 0 fully saturated rings. The molecule has 2 N–H and O–H groups in total. The summed E-state index contributed by atoms with van der Waals surface area (Å²) in [4.78, 5) is 27.8. The van der Waals surface area contributed by atoms with Gasteiger partial charge in [-0.05, 0) is 53.6 Å². The number of fused-ring (bicyclic) bond motifs is 1. The number of aromatic nitrogens is 1. The molecule has 0 unspecified atom stereocenters. The van der Waals surface area contributed by atoms with Crippen molar-refractivity contribution in [2.75, 3.05) is 12.4 Å². The van der Waals surface area contributed by atoms with Gasteiger partial charge in [0.15, 0.2) is 5.58 Å². The highest BCUT2D eigenvalue weighted by molar-refractivity contribution is 6.35. The number of nitrogens with zero attached hydrogens (tertiary/aromatic N) is 1. The molecule has 0 bridgehead atoms. The lowest BCUT2D eigenvalue weighted by Crippen LogP contribution is -2.08. The lowest BCUT2D eigenvalue weighted by molar-refractivity contribution is -0.136. The molecule has 3 aromatic carbocycles. The number of halogens is 2. The monoisotopic (exact) mass is 496 g/mol. The molecule has 0 aliphatic carbocycles. The molecule has 172 valence electrons. The number of hydrogen-bond acceptors (Lipinski definition) is 5. The minimum atomic E-state index is -0.923. The van der Waals surface area contributed by atoms with Crippen molar-refractivity contribution >= 4 is 57.9 Å². The van der Waals surface area contributed by atoms with E-state index in [4.69, 9.17) is 37.5 Å². The van der Waals surface area contributed by atoms with Gasteiger partial charge in [-0.3, -0.25) is 9.59 Å². The first kappa shape index (κ1) is 23.4. The highest BCUT2D eigenvalue weighted by atomic mass is 35.5. The second-order valence-electron chi connectivity index (χ2n) is 7.30. The molecule has 1 heterocycles. The van der Waals surface area contributed by atoms with Gasteiger partial charge >= 0.3 is 5.97 Å². The van der Waals surface area contributed by atoms with Crippen LogP contribution in [-0.4, -0.2) is 29.1 Å². The first-order chi connectivity index (χ1) is 16.3. The number of hydrogen-bond donors (Lipinski definition) is 2. The zero-order valence-electron chi connectivity index (χ0n) is 17.8. The van der Waals surface area contributed by atoms with E-state index in [-0.39, 0.29) is 12.3 Å². The van der Waals surface area contributed by atoms with E-state index in [2.05, 4.69) is 10.3 Å². The van der Waals surface area contributed by atoms with Crippen molar-refractivity contribution in [3.05, 3.63) is 81.8 Å². The molecule has 1 aromatic heterocycles. The number of methoxy groups -OCH3 is 1. The SMILES string of the molecule is COc1cc(NC(=O)/C=C/c2ccc(Cl)cc2Cl)ccc1-c1nc2cc(CC(=O)O)ccc2o1. The van der Waals surface area contributed by atoms with Gasteiger partial charge in [-0.2, -0.15) is 0 Å². The number of carbonyl (C=O) groups excluding carboxylic acids is 1.